The molecule has 7 amide bonds. The van der Waals surface area contributed by atoms with Gasteiger partial charge < -0.3 is 75.2 Å². The molecule has 0 unspecified atom stereocenters. The van der Waals surface area contributed by atoms with Gasteiger partial charge in [0.05, 0.1) is 21.5 Å². The van der Waals surface area contributed by atoms with Crippen LogP contribution in [0.5, 0.6) is 23.3 Å². The Morgan fingerprint density at radius 1 is 0.443 bits per heavy atom. The second-order valence-electron chi connectivity index (χ2n) is 30.4. The van der Waals surface area contributed by atoms with E-state index in [2.05, 4.69) is 30.2 Å². The Bertz CT molecular complexity index is 5810. The summed E-state index contributed by atoms with van der Waals surface area (Å²) in [7, 11) is 10.1. The van der Waals surface area contributed by atoms with E-state index in [0.717, 1.165) is 32.3 Å². The van der Waals surface area contributed by atoms with Crippen LogP contribution in [0.1, 0.15) is 58.2 Å². The number of halogens is 6. The monoisotopic (exact) mass is 1720 g/mol. The maximum absolute atomic E-state index is 16.6. The maximum Gasteiger partial charge on any atom is 0.319 e. The lowest BCUT2D eigenvalue weighted by atomic mass is 9.96. The highest BCUT2D eigenvalue weighted by atomic mass is 35.5. The first-order valence-corrected chi connectivity index (χ1v) is 41.2. The number of carbonyl (C=O) groups is 6. The smallest absolute Gasteiger partial charge is 0.319 e. The molecule has 636 valence electrons. The fourth-order valence-corrected chi connectivity index (χ4v) is 16.2. The molecule has 27 nitrogen and oxygen atoms in total. The Labute approximate surface area is 716 Å². The Hall–Kier alpha value is -12.5. The van der Waals surface area contributed by atoms with E-state index in [-0.39, 0.29) is 133 Å². The number of nitrogens with zero attached hydrogens (tertiary/aromatic N) is 15. The highest BCUT2D eigenvalue weighted by Gasteiger charge is 2.32. The van der Waals surface area contributed by atoms with Crippen molar-refractivity contribution in [3.63, 3.8) is 0 Å². The summed E-state index contributed by atoms with van der Waals surface area (Å²) in [5.74, 6) is 0.00334. The summed E-state index contributed by atoms with van der Waals surface area (Å²) in [4.78, 5) is 116. The van der Waals surface area contributed by atoms with E-state index < -0.39 is 23.5 Å². The molecule has 6 heterocycles. The topological polar surface area (TPSA) is 317 Å². The van der Waals surface area contributed by atoms with Crippen molar-refractivity contribution in [1.82, 2.24) is 59.3 Å². The van der Waals surface area contributed by atoms with Gasteiger partial charge in [-0.1, -0.05) is 121 Å². The normalized spacial score (nSPS) is 13.6. The minimum absolute atomic E-state index is 0.00117. The summed E-state index contributed by atoms with van der Waals surface area (Å²) in [5, 5.41) is 40.4. The number of rotatable bonds is 20. The molecular formula is C89H93Cl3F3N17O10. The van der Waals surface area contributed by atoms with E-state index in [1.165, 1.54) is 37.8 Å². The van der Waals surface area contributed by atoms with E-state index in [1.807, 2.05) is 106 Å². The molecule has 0 bridgehead atoms. The number of aromatic nitrogens is 6. The number of phenols is 3. The number of anilines is 4. The van der Waals surface area contributed by atoms with Crippen molar-refractivity contribution in [1.29, 1.82) is 0 Å². The SMILES string of the molecule is CCC(=O)N1CCN(c2nc(CCCC(=O)N(C)C)nc3c(F)c(-c4cc(O)cc5ccccc45)c(Cl)cc23)CC1.CCC(=O)N1CCN(c2nc(OCCC(=O)N(C)C)nc3c(F)c(-c4cc(O)cc5ccccc45)c(Cl)cc23)CC1.CN(C)C(=O)CCNc1nc(N2CCN(C(N)=O)CC2)c2cc(Cl)c(-c3cc(O)cc4ccccc34)c(F)c2n1. The van der Waals surface area contributed by atoms with Crippen LogP contribution in [0.15, 0.2) is 127 Å². The molecule has 3 aromatic heterocycles. The van der Waals surface area contributed by atoms with Crippen LogP contribution in [-0.2, 0) is 30.4 Å². The Morgan fingerprint density at radius 3 is 1.20 bits per heavy atom. The third kappa shape index (κ3) is 19.1. The number of urea groups is 1. The number of fused-ring (bicyclic) bond motifs is 6. The van der Waals surface area contributed by atoms with E-state index in [0.29, 0.717) is 167 Å². The first-order chi connectivity index (χ1) is 58.5. The number of primary amides is 1. The minimum atomic E-state index is -0.680. The molecule has 9 aromatic carbocycles. The van der Waals surface area contributed by atoms with Gasteiger partial charge in [0.15, 0.2) is 17.5 Å². The molecule has 0 radical (unpaired) electrons. The van der Waals surface area contributed by atoms with Crippen molar-refractivity contribution in [2.75, 3.05) is 154 Å². The lowest BCUT2D eigenvalue weighted by Gasteiger charge is -2.36. The number of phenolic OH excluding ortho intramolecular Hbond substituents is 3. The summed E-state index contributed by atoms with van der Waals surface area (Å²) >= 11 is 20.3. The van der Waals surface area contributed by atoms with Gasteiger partial charge in [-0.15, -0.1) is 0 Å². The van der Waals surface area contributed by atoms with Crippen molar-refractivity contribution in [3.8, 4) is 56.6 Å². The highest BCUT2D eigenvalue weighted by Crippen LogP contribution is 2.47. The number of carbonyl (C=O) groups excluding carboxylic acids is 6. The fourth-order valence-electron chi connectivity index (χ4n) is 15.3. The van der Waals surface area contributed by atoms with Gasteiger partial charge in [-0.2, -0.15) is 15.0 Å². The van der Waals surface area contributed by atoms with Gasteiger partial charge in [0.2, 0.25) is 35.5 Å². The number of aromatic hydroxyl groups is 3. The lowest BCUT2D eigenvalue weighted by Crippen LogP contribution is -2.50. The van der Waals surface area contributed by atoms with E-state index in [1.54, 1.807) is 83.6 Å². The number of aryl methyl sites for hydroxylation is 1. The number of nitrogens with one attached hydrogen (secondary N) is 1. The Kier molecular flexibility index (Phi) is 27.2. The van der Waals surface area contributed by atoms with Crippen LogP contribution in [0.25, 0.3) is 98.4 Å². The first kappa shape index (κ1) is 87.3. The standard InChI is InChI=1S/C31H33ClFN5O3.C30H31ClFN5O4.C28H29ClFN7O3/c1-4-26(40)37-12-14-38(15-13-37)31-23-18-24(32)28(22-17-20(39)16-19-8-5-6-9-21(19)22)29(33)30(23)34-25(35-31)10-7-11-27(41)36(2)3;1-4-24(39)36-10-12-37(13-11-36)29-22-17-23(31)26(21-16-19(38)15-18-7-5-6-8-20(18)21)27(32)28(22)33-30(34-29)41-14-9-25(40)35(2)3;1-35(2)22(39)7-8-32-28-33-25-20(26(34-28)36-9-11-37(12-10-36)27(31)40)15-21(29)23(24(25)30)19-14-17(38)13-16-5-3-4-6-18(16)19/h5-6,8-9,16-18,39H,4,7,10-15H2,1-3H3;5-8,15-17,38H,4,9-14H2,1-3H3;3-6,13-15,38H,7-12H2,1-2H3,(H2,31,40)(H,32,33,34). The van der Waals surface area contributed by atoms with E-state index >= 15 is 13.2 Å². The number of amides is 7. The molecule has 0 aliphatic carbocycles. The second-order valence-corrected chi connectivity index (χ2v) is 31.6. The number of hydrogen-bond donors (Lipinski definition) is 5. The summed E-state index contributed by atoms with van der Waals surface area (Å²) in [6, 6.07) is 35.8. The molecule has 122 heavy (non-hydrogen) atoms. The molecule has 15 rings (SSSR count). The van der Waals surface area contributed by atoms with Gasteiger partial charge in [-0.05, 0) is 110 Å². The van der Waals surface area contributed by atoms with Crippen molar-refractivity contribution in [2.45, 2.75) is 58.8 Å². The molecule has 12 aromatic rings. The Balaban J connectivity index is 0.000000158. The van der Waals surface area contributed by atoms with Gasteiger partial charge in [-0.3, -0.25) is 24.0 Å². The number of benzene rings is 9. The van der Waals surface area contributed by atoms with Crippen LogP contribution < -0.4 is 30.5 Å². The fraction of sp³-hybridized carbons (Fsp3) is 0.326. The molecule has 3 fully saturated rings. The summed E-state index contributed by atoms with van der Waals surface area (Å²) < 4.78 is 55.4. The molecular weight excluding hydrogens is 1630 g/mol. The number of ether oxygens (including phenoxy) is 1. The number of piperazine rings is 3. The largest absolute Gasteiger partial charge is 0.508 e. The molecule has 3 saturated heterocycles. The summed E-state index contributed by atoms with van der Waals surface area (Å²) in [6.07, 6.45) is 2.40. The van der Waals surface area contributed by atoms with Gasteiger partial charge in [0.25, 0.3) is 0 Å². The average molecular weight is 1720 g/mol. The van der Waals surface area contributed by atoms with Crippen molar-refractivity contribution >= 4 is 159 Å². The van der Waals surface area contributed by atoms with Gasteiger partial charge >= 0.3 is 12.0 Å². The molecule has 0 atom stereocenters. The van der Waals surface area contributed by atoms with Gasteiger partial charge in [0, 0.05) is 192 Å². The zero-order chi connectivity index (χ0) is 87.1. The van der Waals surface area contributed by atoms with Crippen LogP contribution in [0.2, 0.25) is 15.1 Å². The van der Waals surface area contributed by atoms with Crippen LogP contribution >= 0.6 is 34.8 Å². The van der Waals surface area contributed by atoms with Gasteiger partial charge in [-0.25, -0.2) is 32.9 Å². The summed E-state index contributed by atoms with van der Waals surface area (Å²) in [6.45, 7) is 9.64. The molecule has 33 heteroatoms. The maximum atomic E-state index is 16.6. The van der Waals surface area contributed by atoms with Crippen molar-refractivity contribution in [2.24, 2.45) is 5.73 Å². The van der Waals surface area contributed by atoms with Crippen LogP contribution in [0, 0.1) is 17.5 Å². The second kappa shape index (κ2) is 38.0. The van der Waals surface area contributed by atoms with Crippen LogP contribution in [0.3, 0.4) is 0 Å². The molecule has 3 aliphatic heterocycles. The summed E-state index contributed by atoms with van der Waals surface area (Å²) in [5.41, 5.74) is 7.30. The Morgan fingerprint density at radius 2 is 0.803 bits per heavy atom. The average Bonchev–Trinajstić information content (AvgIpc) is 0.752. The first-order valence-electron chi connectivity index (χ1n) is 40.1. The van der Waals surface area contributed by atoms with Crippen LogP contribution in [-0.4, -0.2) is 244 Å². The van der Waals surface area contributed by atoms with Crippen LogP contribution in [0.4, 0.5) is 41.4 Å². The lowest BCUT2D eigenvalue weighted by molar-refractivity contribution is -0.131. The highest BCUT2D eigenvalue weighted by molar-refractivity contribution is 6.36. The van der Waals surface area contributed by atoms with Crippen molar-refractivity contribution < 1.29 is 62.0 Å². The molecule has 3 aliphatic rings. The zero-order valence-corrected chi connectivity index (χ0v) is 71.0. The molecule has 0 spiro atoms. The number of nitrogens with two attached hydrogens (primary N) is 1. The quantitative estimate of drug-likeness (QED) is 0.0473. The third-order valence-electron chi connectivity index (χ3n) is 21.8. The predicted octanol–water partition coefficient (Wildman–Crippen LogP) is 14.3. The third-order valence-corrected chi connectivity index (χ3v) is 22.7. The number of hydrogen-bond acceptors (Lipinski definition) is 20. The molecule has 0 saturated carbocycles. The van der Waals surface area contributed by atoms with E-state index in [4.69, 9.17) is 50.3 Å². The van der Waals surface area contributed by atoms with Gasteiger partial charge in [0.1, 0.15) is 63.7 Å². The molecule has 6 N–H and O–H groups in total. The predicted molar refractivity (Wildman–Crippen MR) is 471 cm³/mol. The van der Waals surface area contributed by atoms with E-state index in [9.17, 15) is 44.1 Å². The zero-order valence-electron chi connectivity index (χ0n) is 68.7. The van der Waals surface area contributed by atoms with Crippen molar-refractivity contribution in [3.05, 3.63) is 166 Å². The minimum Gasteiger partial charge on any atom is -0.508 e.